The van der Waals surface area contributed by atoms with Gasteiger partial charge < -0.3 is 0 Å². The Bertz CT molecular complexity index is 487. The summed E-state index contributed by atoms with van der Waals surface area (Å²) in [5.41, 5.74) is 0.909. The molecule has 1 unspecified atom stereocenters. The highest BCUT2D eigenvalue weighted by Crippen LogP contribution is 2.36. The third kappa shape index (κ3) is 2.24. The van der Waals surface area contributed by atoms with Gasteiger partial charge in [-0.2, -0.15) is 4.31 Å². The molecular weight excluding hydrogens is 246 g/mol. The minimum Gasteiger partial charge on any atom is -0.212 e. The molecular formula is C11H14ClNO2S. The summed E-state index contributed by atoms with van der Waals surface area (Å²) >= 11 is 6.10. The molecule has 1 fully saturated rings. The van der Waals surface area contributed by atoms with E-state index in [2.05, 4.69) is 0 Å². The van der Waals surface area contributed by atoms with Crippen LogP contribution in [-0.2, 0) is 10.0 Å². The fourth-order valence-corrected chi connectivity index (χ4v) is 3.60. The number of hydrogen-bond donors (Lipinski definition) is 0. The van der Waals surface area contributed by atoms with Crippen LogP contribution in [0.4, 0.5) is 0 Å². The van der Waals surface area contributed by atoms with E-state index in [1.165, 1.54) is 10.6 Å². The minimum atomic E-state index is -3.14. The van der Waals surface area contributed by atoms with Crippen molar-refractivity contribution in [1.29, 1.82) is 0 Å². The topological polar surface area (TPSA) is 37.4 Å². The molecule has 1 saturated heterocycles. The first-order valence-corrected chi connectivity index (χ1v) is 7.44. The summed E-state index contributed by atoms with van der Waals surface area (Å²) in [5.74, 6) is 0. The Hall–Kier alpha value is -0.580. The second kappa shape index (κ2) is 4.35. The van der Waals surface area contributed by atoms with Crippen molar-refractivity contribution >= 4 is 21.6 Å². The lowest BCUT2D eigenvalue weighted by Gasteiger charge is -2.23. The number of halogens is 1. The Balaban J connectivity index is 2.38. The van der Waals surface area contributed by atoms with Crippen molar-refractivity contribution in [3.8, 4) is 0 Å². The Morgan fingerprint density at radius 2 is 2.06 bits per heavy atom. The molecule has 0 bridgehead atoms. The first-order chi connectivity index (χ1) is 7.50. The Kier molecular flexibility index (Phi) is 3.24. The summed E-state index contributed by atoms with van der Waals surface area (Å²) in [6.45, 7) is 0.592. The molecule has 3 nitrogen and oxygen atoms in total. The highest BCUT2D eigenvalue weighted by Gasteiger charge is 2.33. The third-order valence-electron chi connectivity index (χ3n) is 2.89. The highest BCUT2D eigenvalue weighted by atomic mass is 35.5. The van der Waals surface area contributed by atoms with E-state index in [0.29, 0.717) is 11.6 Å². The second-order valence-corrected chi connectivity index (χ2v) is 6.40. The summed E-state index contributed by atoms with van der Waals surface area (Å²) < 4.78 is 24.8. The van der Waals surface area contributed by atoms with E-state index in [0.717, 1.165) is 18.4 Å². The molecule has 0 radical (unpaired) electrons. The molecule has 2 rings (SSSR count). The standard InChI is InChI=1S/C11H14ClNO2S/c1-16(14,15)13-8-4-7-11(13)9-5-2-3-6-10(9)12/h2-3,5-6,11H,4,7-8H2,1H3. The number of rotatable bonds is 2. The first kappa shape index (κ1) is 11.9. The quantitative estimate of drug-likeness (QED) is 0.818. The number of benzene rings is 1. The Labute approximate surface area is 101 Å². The van der Waals surface area contributed by atoms with Crippen LogP contribution >= 0.6 is 11.6 Å². The van der Waals surface area contributed by atoms with Crippen molar-refractivity contribution in [2.45, 2.75) is 18.9 Å². The van der Waals surface area contributed by atoms with Gasteiger partial charge in [0.15, 0.2) is 0 Å². The van der Waals surface area contributed by atoms with Crippen LogP contribution in [0.1, 0.15) is 24.4 Å². The van der Waals surface area contributed by atoms with Crippen molar-refractivity contribution in [3.05, 3.63) is 34.9 Å². The van der Waals surface area contributed by atoms with Gasteiger partial charge in [-0.25, -0.2) is 8.42 Å². The average Bonchev–Trinajstić information content (AvgIpc) is 2.66. The summed E-state index contributed by atoms with van der Waals surface area (Å²) in [6.07, 6.45) is 2.99. The summed E-state index contributed by atoms with van der Waals surface area (Å²) in [6, 6.07) is 7.35. The molecule has 0 aromatic heterocycles. The van der Waals surface area contributed by atoms with Gasteiger partial charge in [-0.3, -0.25) is 0 Å². The molecule has 1 aliphatic rings. The lowest BCUT2D eigenvalue weighted by molar-refractivity contribution is 0.400. The maximum Gasteiger partial charge on any atom is 0.211 e. The minimum absolute atomic E-state index is 0.0938. The van der Waals surface area contributed by atoms with Crippen LogP contribution in [0.5, 0.6) is 0 Å². The summed E-state index contributed by atoms with van der Waals surface area (Å²) in [4.78, 5) is 0. The first-order valence-electron chi connectivity index (χ1n) is 5.21. The van der Waals surface area contributed by atoms with Crippen molar-refractivity contribution in [2.75, 3.05) is 12.8 Å². The van der Waals surface area contributed by atoms with Gasteiger partial charge in [0.25, 0.3) is 0 Å². The van der Waals surface area contributed by atoms with E-state index in [1.807, 2.05) is 18.2 Å². The van der Waals surface area contributed by atoms with Gasteiger partial charge in [0.2, 0.25) is 10.0 Å². The molecule has 1 heterocycles. The van der Waals surface area contributed by atoms with Gasteiger partial charge in [0.05, 0.1) is 12.3 Å². The monoisotopic (exact) mass is 259 g/mol. The van der Waals surface area contributed by atoms with Gasteiger partial charge >= 0.3 is 0 Å². The normalized spacial score (nSPS) is 22.5. The van der Waals surface area contributed by atoms with Crippen LogP contribution < -0.4 is 0 Å². The predicted molar refractivity (Wildman–Crippen MR) is 65.0 cm³/mol. The molecule has 1 atom stereocenters. The second-order valence-electron chi connectivity index (χ2n) is 4.05. The fourth-order valence-electron chi connectivity index (χ4n) is 2.19. The molecule has 5 heteroatoms. The third-order valence-corrected chi connectivity index (χ3v) is 4.53. The van der Waals surface area contributed by atoms with Gasteiger partial charge in [-0.1, -0.05) is 29.8 Å². The molecule has 0 spiro atoms. The van der Waals surface area contributed by atoms with Crippen LogP contribution in [0, 0.1) is 0 Å². The van der Waals surface area contributed by atoms with E-state index in [-0.39, 0.29) is 6.04 Å². The molecule has 1 aromatic carbocycles. The van der Waals surface area contributed by atoms with Crippen molar-refractivity contribution in [3.63, 3.8) is 0 Å². The Morgan fingerprint density at radius 3 is 2.69 bits per heavy atom. The average molecular weight is 260 g/mol. The lowest BCUT2D eigenvalue weighted by Crippen LogP contribution is -2.29. The molecule has 0 amide bonds. The molecule has 16 heavy (non-hydrogen) atoms. The molecule has 1 aliphatic heterocycles. The van der Waals surface area contributed by atoms with Gasteiger partial charge in [-0.05, 0) is 24.5 Å². The lowest BCUT2D eigenvalue weighted by atomic mass is 10.1. The van der Waals surface area contributed by atoms with E-state index < -0.39 is 10.0 Å². The van der Waals surface area contributed by atoms with E-state index >= 15 is 0 Å². The molecule has 88 valence electrons. The van der Waals surface area contributed by atoms with Crippen molar-refractivity contribution in [1.82, 2.24) is 4.31 Å². The maximum atomic E-state index is 11.6. The zero-order valence-electron chi connectivity index (χ0n) is 9.06. The zero-order chi connectivity index (χ0) is 11.8. The van der Waals surface area contributed by atoms with Crippen LogP contribution in [0.25, 0.3) is 0 Å². The van der Waals surface area contributed by atoms with E-state index in [9.17, 15) is 8.42 Å². The van der Waals surface area contributed by atoms with Gasteiger partial charge in [0.1, 0.15) is 0 Å². The van der Waals surface area contributed by atoms with Crippen molar-refractivity contribution in [2.24, 2.45) is 0 Å². The smallest absolute Gasteiger partial charge is 0.211 e. The maximum absolute atomic E-state index is 11.6. The molecule has 0 aliphatic carbocycles. The molecule has 0 N–H and O–H groups in total. The summed E-state index contributed by atoms with van der Waals surface area (Å²) in [7, 11) is -3.14. The molecule has 1 aromatic rings. The number of nitrogens with zero attached hydrogens (tertiary/aromatic N) is 1. The zero-order valence-corrected chi connectivity index (χ0v) is 10.6. The number of sulfonamides is 1. The van der Waals surface area contributed by atoms with Crippen LogP contribution in [0.3, 0.4) is 0 Å². The molecule has 0 saturated carbocycles. The van der Waals surface area contributed by atoms with Crippen LogP contribution in [0.15, 0.2) is 24.3 Å². The summed E-state index contributed by atoms with van der Waals surface area (Å²) in [5, 5.41) is 0.642. The van der Waals surface area contributed by atoms with Crippen molar-refractivity contribution < 1.29 is 8.42 Å². The van der Waals surface area contributed by atoms with Crippen LogP contribution in [0.2, 0.25) is 5.02 Å². The SMILES string of the molecule is CS(=O)(=O)N1CCCC1c1ccccc1Cl. The predicted octanol–water partition coefficient (Wildman–Crippen LogP) is 2.44. The van der Waals surface area contributed by atoms with E-state index in [4.69, 9.17) is 11.6 Å². The fraction of sp³-hybridized carbons (Fsp3) is 0.455. The van der Waals surface area contributed by atoms with Gasteiger partial charge in [0, 0.05) is 11.6 Å². The highest BCUT2D eigenvalue weighted by molar-refractivity contribution is 7.88. The largest absolute Gasteiger partial charge is 0.212 e. The van der Waals surface area contributed by atoms with Gasteiger partial charge in [-0.15, -0.1) is 0 Å². The Morgan fingerprint density at radius 1 is 1.38 bits per heavy atom. The number of hydrogen-bond acceptors (Lipinski definition) is 2. The van der Waals surface area contributed by atoms with Crippen LogP contribution in [-0.4, -0.2) is 25.5 Å². The van der Waals surface area contributed by atoms with E-state index in [1.54, 1.807) is 6.07 Å².